The molecule has 164 valence electrons. The third kappa shape index (κ3) is 3.55. The highest BCUT2D eigenvalue weighted by Gasteiger charge is 2.57. The molecule has 2 fully saturated rings. The Kier molecular flexibility index (Phi) is 5.90. The van der Waals surface area contributed by atoms with Crippen molar-refractivity contribution in [3.63, 3.8) is 0 Å². The summed E-state index contributed by atoms with van der Waals surface area (Å²) in [6.45, 7) is 11.7. The van der Waals surface area contributed by atoms with E-state index in [0.29, 0.717) is 11.8 Å². The summed E-state index contributed by atoms with van der Waals surface area (Å²) >= 11 is 0. The number of rotatable bonds is 4. The van der Waals surface area contributed by atoms with Gasteiger partial charge in [-0.25, -0.2) is 0 Å². The Morgan fingerprint density at radius 1 is 1.17 bits per heavy atom. The highest BCUT2D eigenvalue weighted by molar-refractivity contribution is 5.96. The van der Waals surface area contributed by atoms with Gasteiger partial charge in [0.05, 0.1) is 5.41 Å². The van der Waals surface area contributed by atoms with Gasteiger partial charge in [-0.15, -0.1) is 0 Å². The molecule has 30 heavy (non-hydrogen) atoms. The molecule has 2 heteroatoms. The van der Waals surface area contributed by atoms with E-state index in [4.69, 9.17) is 0 Å². The predicted molar refractivity (Wildman–Crippen MR) is 126 cm³/mol. The Labute approximate surface area is 183 Å². The summed E-state index contributed by atoms with van der Waals surface area (Å²) < 4.78 is 0. The van der Waals surface area contributed by atoms with Crippen molar-refractivity contribution in [3.05, 3.63) is 41.5 Å². The first-order valence-corrected chi connectivity index (χ1v) is 12.4. The molecule has 1 unspecified atom stereocenters. The summed E-state index contributed by atoms with van der Waals surface area (Å²) in [7, 11) is 0. The summed E-state index contributed by atoms with van der Waals surface area (Å²) in [5.74, 6) is 2.99. The molecule has 0 spiro atoms. The first-order valence-electron chi connectivity index (χ1n) is 12.4. The monoisotopic (exact) mass is 407 g/mol. The molecule has 4 rings (SSSR count). The third-order valence-corrected chi connectivity index (χ3v) is 9.27. The van der Waals surface area contributed by atoms with E-state index in [9.17, 15) is 4.79 Å². The van der Waals surface area contributed by atoms with Gasteiger partial charge in [0.15, 0.2) is 0 Å². The number of aryl methyl sites for hydroxylation is 1. The maximum absolute atomic E-state index is 13.7. The number of hydrogen-bond acceptors (Lipinski definition) is 1. The van der Waals surface area contributed by atoms with Crippen LogP contribution in [0.15, 0.2) is 35.9 Å². The van der Waals surface area contributed by atoms with Crippen molar-refractivity contribution in [2.75, 3.05) is 5.32 Å². The summed E-state index contributed by atoms with van der Waals surface area (Å²) in [4.78, 5) is 13.7. The molecule has 0 bridgehead atoms. The number of nitrogens with one attached hydrogen (secondary N) is 1. The second-order valence-corrected chi connectivity index (χ2v) is 11.1. The van der Waals surface area contributed by atoms with E-state index in [1.807, 2.05) is 6.07 Å². The second kappa shape index (κ2) is 8.17. The highest BCUT2D eigenvalue weighted by Crippen LogP contribution is 2.63. The topological polar surface area (TPSA) is 29.1 Å². The van der Waals surface area contributed by atoms with Crippen molar-refractivity contribution in [1.82, 2.24) is 0 Å². The lowest BCUT2D eigenvalue weighted by molar-refractivity contribution is -0.139. The molecule has 2 nitrogen and oxygen atoms in total. The zero-order chi connectivity index (χ0) is 21.5. The minimum absolute atomic E-state index is 0.243. The number of carbonyl (C=O) groups excluding carboxylic acids is 1. The number of benzene rings is 1. The number of amides is 1. The van der Waals surface area contributed by atoms with E-state index in [2.05, 4.69) is 64.2 Å². The molecule has 1 aromatic rings. The Morgan fingerprint density at radius 2 is 1.93 bits per heavy atom. The van der Waals surface area contributed by atoms with E-state index in [1.54, 1.807) is 5.57 Å². The maximum atomic E-state index is 13.7. The van der Waals surface area contributed by atoms with E-state index in [-0.39, 0.29) is 16.7 Å². The van der Waals surface area contributed by atoms with Crippen LogP contribution in [0.4, 0.5) is 5.69 Å². The Balaban J connectivity index is 1.61. The number of anilines is 1. The fraction of sp³-hybridized carbons (Fsp3) is 0.679. The Morgan fingerprint density at radius 3 is 2.67 bits per heavy atom. The van der Waals surface area contributed by atoms with Crippen LogP contribution in [0.5, 0.6) is 0 Å². The summed E-state index contributed by atoms with van der Waals surface area (Å²) in [6.07, 6.45) is 12.0. The molecular formula is C28H41NO. The summed E-state index contributed by atoms with van der Waals surface area (Å²) in [6, 6.07) is 8.29. The van der Waals surface area contributed by atoms with Crippen LogP contribution >= 0.6 is 0 Å². The van der Waals surface area contributed by atoms with E-state index in [1.165, 1.54) is 37.7 Å². The van der Waals surface area contributed by atoms with E-state index < -0.39 is 0 Å². The lowest BCUT2D eigenvalue weighted by Gasteiger charge is -2.58. The molecule has 0 aliphatic heterocycles. The second-order valence-electron chi connectivity index (χ2n) is 11.1. The normalized spacial score (nSPS) is 35.9. The summed E-state index contributed by atoms with van der Waals surface area (Å²) in [5, 5.41) is 3.36. The van der Waals surface area contributed by atoms with E-state index >= 15 is 0 Å². The van der Waals surface area contributed by atoms with Gasteiger partial charge < -0.3 is 5.32 Å². The molecule has 0 saturated heterocycles. The molecule has 3 aliphatic carbocycles. The first kappa shape index (κ1) is 21.7. The summed E-state index contributed by atoms with van der Waals surface area (Å²) in [5.41, 5.74) is 3.93. The van der Waals surface area contributed by atoms with Crippen molar-refractivity contribution in [2.45, 2.75) is 86.0 Å². The molecule has 0 aromatic heterocycles. The van der Waals surface area contributed by atoms with Crippen molar-refractivity contribution >= 4 is 11.6 Å². The average molecular weight is 408 g/mol. The van der Waals surface area contributed by atoms with Gasteiger partial charge in [0.25, 0.3) is 0 Å². The van der Waals surface area contributed by atoms with Crippen LogP contribution < -0.4 is 5.32 Å². The largest absolute Gasteiger partial charge is 0.325 e. The Hall–Kier alpha value is -1.57. The molecule has 0 heterocycles. The molecule has 1 amide bonds. The van der Waals surface area contributed by atoms with Crippen LogP contribution in [0.3, 0.4) is 0 Å². The molecule has 2 saturated carbocycles. The minimum Gasteiger partial charge on any atom is -0.325 e. The highest BCUT2D eigenvalue weighted by atomic mass is 16.2. The van der Waals surface area contributed by atoms with Crippen LogP contribution in [-0.2, 0) is 11.2 Å². The van der Waals surface area contributed by atoms with Gasteiger partial charge in [-0.3, -0.25) is 4.79 Å². The van der Waals surface area contributed by atoms with Crippen LogP contribution in [0.2, 0.25) is 0 Å². The average Bonchev–Trinajstić information content (AvgIpc) is 2.73. The quantitative estimate of drug-likeness (QED) is 0.517. The molecule has 3 aliphatic rings. The van der Waals surface area contributed by atoms with Crippen molar-refractivity contribution in [2.24, 2.45) is 34.5 Å². The van der Waals surface area contributed by atoms with Crippen molar-refractivity contribution in [3.8, 4) is 0 Å². The minimum atomic E-state index is -0.287. The predicted octanol–water partition coefficient (Wildman–Crippen LogP) is 7.40. The first-order chi connectivity index (χ1) is 14.3. The van der Waals surface area contributed by atoms with Gasteiger partial charge in [0.1, 0.15) is 0 Å². The molecule has 0 radical (unpaired) electrons. The standard InChI is InChI=1S/C28H41NO/c1-6-20-10-7-8-11-24(20)29-26(30)28(5)17-9-16-27(4)23-14-12-21(19(2)3)18-22(23)13-15-25(27)28/h7-8,10-11,13,19,21,23,25H,6,9,12,14-18H2,1-5H3,(H,29,30)/t21?,23-,25+,27+,28+/m0/s1. The van der Waals surface area contributed by atoms with E-state index in [0.717, 1.165) is 36.8 Å². The third-order valence-electron chi connectivity index (χ3n) is 9.27. The van der Waals surface area contributed by atoms with Gasteiger partial charge >= 0.3 is 0 Å². The van der Waals surface area contributed by atoms with Gasteiger partial charge in [0.2, 0.25) is 5.91 Å². The van der Waals surface area contributed by atoms with Crippen LogP contribution in [0.25, 0.3) is 0 Å². The fourth-order valence-corrected chi connectivity index (χ4v) is 7.28. The molecule has 1 N–H and O–H groups in total. The zero-order valence-corrected chi connectivity index (χ0v) is 19.8. The molecule has 1 aromatic carbocycles. The lowest BCUT2D eigenvalue weighted by Crippen LogP contribution is -2.54. The smallest absolute Gasteiger partial charge is 0.230 e. The van der Waals surface area contributed by atoms with Crippen LogP contribution in [-0.4, -0.2) is 5.91 Å². The lowest BCUT2D eigenvalue weighted by atomic mass is 9.46. The number of fused-ring (bicyclic) bond motifs is 3. The molecule has 5 atom stereocenters. The SMILES string of the molecule is CCc1ccccc1NC(=O)[C@]1(C)CCC[C@@]2(C)[C@H]1CC=C1CC(C(C)C)CC[C@@H]12. The number of allylic oxidation sites excluding steroid dienone is 2. The van der Waals surface area contributed by atoms with Gasteiger partial charge in [-0.1, -0.05) is 70.9 Å². The molecular weight excluding hydrogens is 366 g/mol. The zero-order valence-electron chi connectivity index (χ0n) is 19.8. The maximum Gasteiger partial charge on any atom is 0.230 e. The Bertz CT molecular complexity index is 824. The van der Waals surface area contributed by atoms with Crippen molar-refractivity contribution in [1.29, 1.82) is 0 Å². The number of carbonyl (C=O) groups is 1. The fourth-order valence-electron chi connectivity index (χ4n) is 7.28. The van der Waals surface area contributed by atoms with Crippen molar-refractivity contribution < 1.29 is 4.79 Å². The van der Waals surface area contributed by atoms with Gasteiger partial charge in [0, 0.05) is 5.69 Å². The van der Waals surface area contributed by atoms with Gasteiger partial charge in [-0.05, 0) is 85.7 Å². The number of hydrogen-bond donors (Lipinski definition) is 1. The number of para-hydroxylation sites is 1. The van der Waals surface area contributed by atoms with Gasteiger partial charge in [-0.2, -0.15) is 0 Å². The van der Waals surface area contributed by atoms with Crippen LogP contribution in [0.1, 0.15) is 85.1 Å². The van der Waals surface area contributed by atoms with Crippen LogP contribution in [0, 0.1) is 34.5 Å².